The second kappa shape index (κ2) is 5.59. The fourth-order valence-electron chi connectivity index (χ4n) is 3.62. The van der Waals surface area contributed by atoms with Gasteiger partial charge in [-0.15, -0.1) is 6.58 Å². The van der Waals surface area contributed by atoms with E-state index in [1.54, 1.807) is 30.2 Å². The number of carbonyl (C=O) groups is 2. The van der Waals surface area contributed by atoms with Crippen LogP contribution in [0, 0.1) is 5.41 Å². The van der Waals surface area contributed by atoms with Crippen LogP contribution >= 0.6 is 0 Å². The second-order valence-electron chi connectivity index (χ2n) is 6.30. The minimum atomic E-state index is -0.390. The summed E-state index contributed by atoms with van der Waals surface area (Å²) in [6.07, 6.45) is 7.65. The first-order chi connectivity index (χ1) is 10.6. The smallest absolute Gasteiger partial charge is 0.257 e. The Balaban J connectivity index is 1.76. The topological polar surface area (TPSA) is 58.4 Å². The highest BCUT2D eigenvalue weighted by molar-refractivity contribution is 5.94. The number of likely N-dealkylation sites (tertiary alicyclic amines) is 2. The first-order valence-corrected chi connectivity index (χ1v) is 7.74. The van der Waals surface area contributed by atoms with Gasteiger partial charge in [0.05, 0.1) is 17.2 Å². The van der Waals surface area contributed by atoms with Gasteiger partial charge in [0.2, 0.25) is 5.91 Å². The molecule has 0 saturated carbocycles. The van der Waals surface area contributed by atoms with Gasteiger partial charge in [0.15, 0.2) is 0 Å². The van der Waals surface area contributed by atoms with Gasteiger partial charge in [-0.05, 0) is 19.3 Å². The highest BCUT2D eigenvalue weighted by Crippen LogP contribution is 2.40. The highest BCUT2D eigenvalue weighted by Gasteiger charge is 2.49. The summed E-state index contributed by atoms with van der Waals surface area (Å²) in [6.45, 7) is 6.30. The molecule has 3 heterocycles. The number of carbonyl (C=O) groups excluding carboxylic acids is 2. The number of aryl methyl sites for hydroxylation is 1. The van der Waals surface area contributed by atoms with E-state index in [1.165, 1.54) is 0 Å². The minimum Gasteiger partial charge on any atom is -0.338 e. The Hall–Kier alpha value is -2.11. The molecular weight excluding hydrogens is 280 g/mol. The van der Waals surface area contributed by atoms with Gasteiger partial charge >= 0.3 is 0 Å². The van der Waals surface area contributed by atoms with Gasteiger partial charge in [-0.1, -0.05) is 6.08 Å². The van der Waals surface area contributed by atoms with Crippen molar-refractivity contribution in [2.24, 2.45) is 12.5 Å². The fourth-order valence-corrected chi connectivity index (χ4v) is 3.62. The lowest BCUT2D eigenvalue weighted by molar-refractivity contribution is -0.137. The number of hydrogen-bond acceptors (Lipinski definition) is 3. The Kier molecular flexibility index (Phi) is 3.76. The van der Waals surface area contributed by atoms with Gasteiger partial charge in [-0.2, -0.15) is 5.10 Å². The Morgan fingerprint density at radius 3 is 2.95 bits per heavy atom. The molecule has 2 saturated heterocycles. The van der Waals surface area contributed by atoms with Crippen LogP contribution in [0.3, 0.4) is 0 Å². The van der Waals surface area contributed by atoms with Crippen molar-refractivity contribution in [3.8, 4) is 0 Å². The first kappa shape index (κ1) is 14.8. The predicted octanol–water partition coefficient (Wildman–Crippen LogP) is 1.06. The molecule has 0 N–H and O–H groups in total. The molecular formula is C16H22N4O2. The predicted molar refractivity (Wildman–Crippen MR) is 82.2 cm³/mol. The van der Waals surface area contributed by atoms with Crippen LogP contribution in [0.5, 0.6) is 0 Å². The zero-order valence-electron chi connectivity index (χ0n) is 13.0. The molecule has 1 atom stereocenters. The molecule has 1 aromatic heterocycles. The standard InChI is InChI=1S/C16H22N4O2/c1-3-7-19-9-6-16(15(19)22)5-4-8-20(12-16)14(21)13-10-17-18(2)11-13/h3,10-11H,1,4-9,12H2,2H3/t16-/m0/s1. The van der Waals surface area contributed by atoms with E-state index in [4.69, 9.17) is 0 Å². The molecule has 1 spiro atoms. The summed E-state index contributed by atoms with van der Waals surface area (Å²) < 4.78 is 1.62. The van der Waals surface area contributed by atoms with Crippen LogP contribution < -0.4 is 0 Å². The van der Waals surface area contributed by atoms with Crippen LogP contribution in [-0.2, 0) is 11.8 Å². The van der Waals surface area contributed by atoms with E-state index in [0.717, 1.165) is 25.8 Å². The van der Waals surface area contributed by atoms with E-state index in [0.29, 0.717) is 25.2 Å². The molecule has 0 unspecified atom stereocenters. The lowest BCUT2D eigenvalue weighted by Crippen LogP contribution is -2.49. The molecule has 6 nitrogen and oxygen atoms in total. The number of piperidine rings is 1. The quantitative estimate of drug-likeness (QED) is 0.785. The van der Waals surface area contributed by atoms with Crippen molar-refractivity contribution >= 4 is 11.8 Å². The largest absolute Gasteiger partial charge is 0.338 e. The molecule has 1 aromatic rings. The molecule has 22 heavy (non-hydrogen) atoms. The molecule has 118 valence electrons. The average Bonchev–Trinajstić information content (AvgIpc) is 3.07. The van der Waals surface area contributed by atoms with Gasteiger partial charge in [0, 0.05) is 39.4 Å². The Morgan fingerprint density at radius 1 is 1.45 bits per heavy atom. The lowest BCUT2D eigenvalue weighted by atomic mass is 9.78. The second-order valence-corrected chi connectivity index (χ2v) is 6.30. The van der Waals surface area contributed by atoms with Crippen LogP contribution in [0.1, 0.15) is 29.6 Å². The molecule has 0 aromatic carbocycles. The summed E-state index contributed by atoms with van der Waals surface area (Å²) in [5.41, 5.74) is 0.201. The van der Waals surface area contributed by atoms with Crippen LogP contribution in [0.15, 0.2) is 25.0 Å². The number of aromatic nitrogens is 2. The van der Waals surface area contributed by atoms with Gasteiger partial charge in [-0.25, -0.2) is 0 Å². The zero-order valence-corrected chi connectivity index (χ0v) is 13.0. The van der Waals surface area contributed by atoms with Crippen LogP contribution in [0.25, 0.3) is 0 Å². The number of rotatable bonds is 3. The van der Waals surface area contributed by atoms with Crippen molar-refractivity contribution in [2.45, 2.75) is 19.3 Å². The average molecular weight is 302 g/mol. The normalized spacial score (nSPS) is 25.0. The number of hydrogen-bond donors (Lipinski definition) is 0. The van der Waals surface area contributed by atoms with Crippen LogP contribution in [0.2, 0.25) is 0 Å². The van der Waals surface area contributed by atoms with Gasteiger partial charge in [0.25, 0.3) is 5.91 Å². The molecule has 0 radical (unpaired) electrons. The molecule has 2 amide bonds. The summed E-state index contributed by atoms with van der Waals surface area (Å²) in [5, 5.41) is 4.06. The van der Waals surface area contributed by atoms with E-state index < -0.39 is 0 Å². The SMILES string of the molecule is C=CCN1CC[C@]2(CCCN(C(=O)c3cnn(C)c3)C2)C1=O. The summed E-state index contributed by atoms with van der Waals surface area (Å²) in [4.78, 5) is 29.0. The van der Waals surface area contributed by atoms with Crippen molar-refractivity contribution in [3.05, 3.63) is 30.6 Å². The number of amides is 2. The third-order valence-electron chi connectivity index (χ3n) is 4.77. The van der Waals surface area contributed by atoms with Crippen molar-refractivity contribution in [1.29, 1.82) is 0 Å². The van der Waals surface area contributed by atoms with Gasteiger partial charge in [0.1, 0.15) is 0 Å². The van der Waals surface area contributed by atoms with E-state index in [-0.39, 0.29) is 17.2 Å². The lowest BCUT2D eigenvalue weighted by Gasteiger charge is -2.38. The Labute approximate surface area is 130 Å². The van der Waals surface area contributed by atoms with E-state index >= 15 is 0 Å². The molecule has 6 heteroatoms. The molecule has 0 aliphatic carbocycles. The summed E-state index contributed by atoms with van der Waals surface area (Å²) >= 11 is 0. The first-order valence-electron chi connectivity index (χ1n) is 7.74. The van der Waals surface area contributed by atoms with E-state index in [9.17, 15) is 9.59 Å². The minimum absolute atomic E-state index is 0.0258. The molecule has 2 aliphatic heterocycles. The maximum atomic E-state index is 12.7. The monoisotopic (exact) mass is 302 g/mol. The van der Waals surface area contributed by atoms with Crippen molar-refractivity contribution < 1.29 is 9.59 Å². The highest BCUT2D eigenvalue weighted by atomic mass is 16.2. The third kappa shape index (κ3) is 2.42. The fraction of sp³-hybridized carbons (Fsp3) is 0.562. The molecule has 3 rings (SSSR count). The summed E-state index contributed by atoms with van der Waals surface area (Å²) in [6, 6.07) is 0. The van der Waals surface area contributed by atoms with E-state index in [1.807, 2.05) is 9.80 Å². The van der Waals surface area contributed by atoms with Crippen molar-refractivity contribution in [2.75, 3.05) is 26.2 Å². The van der Waals surface area contributed by atoms with Gasteiger partial charge in [-0.3, -0.25) is 14.3 Å². The zero-order chi connectivity index (χ0) is 15.7. The third-order valence-corrected chi connectivity index (χ3v) is 4.77. The number of nitrogens with zero attached hydrogens (tertiary/aromatic N) is 4. The molecule has 0 bridgehead atoms. The maximum absolute atomic E-state index is 12.7. The van der Waals surface area contributed by atoms with Crippen molar-refractivity contribution in [3.63, 3.8) is 0 Å². The van der Waals surface area contributed by atoms with Gasteiger partial charge < -0.3 is 9.80 Å². The van der Waals surface area contributed by atoms with Crippen LogP contribution in [0.4, 0.5) is 0 Å². The molecule has 2 fully saturated rings. The van der Waals surface area contributed by atoms with Crippen molar-refractivity contribution in [1.82, 2.24) is 19.6 Å². The summed E-state index contributed by atoms with van der Waals surface area (Å²) in [7, 11) is 1.79. The maximum Gasteiger partial charge on any atom is 0.257 e. The van der Waals surface area contributed by atoms with E-state index in [2.05, 4.69) is 11.7 Å². The molecule has 2 aliphatic rings. The Morgan fingerprint density at radius 2 is 2.27 bits per heavy atom. The summed E-state index contributed by atoms with van der Waals surface area (Å²) in [5.74, 6) is 0.151. The van der Waals surface area contributed by atoms with Crippen LogP contribution in [-0.4, -0.2) is 57.6 Å². The Bertz CT molecular complexity index is 609.